The maximum Gasteiger partial charge on any atom is 0.335 e. The highest BCUT2D eigenvalue weighted by molar-refractivity contribution is 5.87. The second-order valence-corrected chi connectivity index (χ2v) is 3.95. The Labute approximate surface area is 112 Å². The number of aromatic nitrogens is 1. The van der Waals surface area contributed by atoms with Crippen LogP contribution in [-0.2, 0) is 9.47 Å². The molecule has 0 radical (unpaired) electrons. The number of aryl methyl sites for hydroxylation is 1. The van der Waals surface area contributed by atoms with Gasteiger partial charge in [-0.3, -0.25) is 0 Å². The van der Waals surface area contributed by atoms with Crippen LogP contribution in [0.5, 0.6) is 5.88 Å². The summed E-state index contributed by atoms with van der Waals surface area (Å²) >= 11 is 0. The van der Waals surface area contributed by atoms with Gasteiger partial charge in [-0.1, -0.05) is 0 Å². The monoisotopic (exact) mass is 269 g/mol. The zero-order valence-electron chi connectivity index (χ0n) is 11.2. The SMILES string of the molecule is COCCCOCCOc1cc(C(=O)O)cc(C)n1. The van der Waals surface area contributed by atoms with Crippen molar-refractivity contribution in [3.63, 3.8) is 0 Å². The average molecular weight is 269 g/mol. The third-order valence-corrected chi connectivity index (χ3v) is 2.29. The molecular weight excluding hydrogens is 250 g/mol. The van der Waals surface area contributed by atoms with Crippen LogP contribution in [0.15, 0.2) is 12.1 Å². The summed E-state index contributed by atoms with van der Waals surface area (Å²) in [6, 6.07) is 2.90. The van der Waals surface area contributed by atoms with Gasteiger partial charge in [-0.15, -0.1) is 0 Å². The lowest BCUT2D eigenvalue weighted by molar-refractivity contribution is 0.0694. The van der Waals surface area contributed by atoms with Crippen LogP contribution in [-0.4, -0.2) is 49.6 Å². The van der Waals surface area contributed by atoms with Gasteiger partial charge in [-0.2, -0.15) is 0 Å². The minimum atomic E-state index is -0.994. The summed E-state index contributed by atoms with van der Waals surface area (Å²) in [5.41, 5.74) is 0.777. The number of carboxylic acid groups (broad SMARTS) is 1. The minimum Gasteiger partial charge on any atom is -0.478 e. The second-order valence-electron chi connectivity index (χ2n) is 3.95. The summed E-state index contributed by atoms with van der Waals surface area (Å²) in [7, 11) is 1.65. The molecule has 6 heteroatoms. The molecule has 19 heavy (non-hydrogen) atoms. The van der Waals surface area contributed by atoms with Crippen LogP contribution >= 0.6 is 0 Å². The molecule has 1 heterocycles. The molecule has 0 atom stereocenters. The van der Waals surface area contributed by atoms with Crippen molar-refractivity contribution in [1.29, 1.82) is 0 Å². The van der Waals surface area contributed by atoms with Crippen molar-refractivity contribution in [2.24, 2.45) is 0 Å². The molecule has 0 bridgehead atoms. The maximum absolute atomic E-state index is 10.9. The molecule has 0 unspecified atom stereocenters. The first kappa shape index (κ1) is 15.4. The molecule has 106 valence electrons. The van der Waals surface area contributed by atoms with Gasteiger partial charge >= 0.3 is 5.97 Å². The normalized spacial score (nSPS) is 10.4. The Hall–Kier alpha value is -1.66. The average Bonchev–Trinajstić information content (AvgIpc) is 2.37. The quantitative estimate of drug-likeness (QED) is 0.685. The van der Waals surface area contributed by atoms with Gasteiger partial charge in [0.05, 0.1) is 12.2 Å². The molecule has 0 fully saturated rings. The van der Waals surface area contributed by atoms with Gasteiger partial charge in [-0.25, -0.2) is 9.78 Å². The number of carbonyl (C=O) groups is 1. The zero-order valence-corrected chi connectivity index (χ0v) is 11.2. The fraction of sp³-hybridized carbons (Fsp3) is 0.538. The van der Waals surface area contributed by atoms with Crippen molar-refractivity contribution in [3.8, 4) is 5.88 Å². The Bertz CT molecular complexity index is 408. The van der Waals surface area contributed by atoms with E-state index in [1.807, 2.05) is 0 Å². The molecule has 0 amide bonds. The van der Waals surface area contributed by atoms with E-state index >= 15 is 0 Å². The van der Waals surface area contributed by atoms with E-state index in [1.165, 1.54) is 12.1 Å². The molecule has 0 saturated heterocycles. The molecule has 0 aliphatic carbocycles. The number of hydrogen-bond acceptors (Lipinski definition) is 5. The number of pyridine rings is 1. The number of aromatic carboxylic acids is 1. The van der Waals surface area contributed by atoms with Crippen LogP contribution in [0.25, 0.3) is 0 Å². The molecule has 0 aliphatic heterocycles. The molecule has 1 N–H and O–H groups in total. The molecular formula is C13H19NO5. The number of methoxy groups -OCH3 is 1. The van der Waals surface area contributed by atoms with Gasteiger partial charge in [0, 0.05) is 32.1 Å². The van der Waals surface area contributed by atoms with Gasteiger partial charge < -0.3 is 19.3 Å². The van der Waals surface area contributed by atoms with E-state index < -0.39 is 5.97 Å². The topological polar surface area (TPSA) is 77.9 Å². The van der Waals surface area contributed by atoms with E-state index in [-0.39, 0.29) is 5.56 Å². The van der Waals surface area contributed by atoms with Gasteiger partial charge in [0.1, 0.15) is 6.61 Å². The van der Waals surface area contributed by atoms with Crippen molar-refractivity contribution in [2.45, 2.75) is 13.3 Å². The molecule has 1 aromatic rings. The van der Waals surface area contributed by atoms with Crippen molar-refractivity contribution in [2.75, 3.05) is 33.5 Å². The molecule has 1 rings (SSSR count). The standard InChI is InChI=1S/C13H19NO5/c1-10-8-11(13(15)16)9-12(14-10)19-7-6-18-5-3-4-17-2/h8-9H,3-7H2,1-2H3,(H,15,16). The summed E-state index contributed by atoms with van der Waals surface area (Å²) in [5.74, 6) is -0.691. The number of nitrogens with zero attached hydrogens (tertiary/aromatic N) is 1. The molecule has 1 aromatic heterocycles. The van der Waals surface area contributed by atoms with E-state index in [1.54, 1.807) is 14.0 Å². The molecule has 0 saturated carbocycles. The smallest absolute Gasteiger partial charge is 0.335 e. The Kier molecular flexibility index (Phi) is 6.84. The number of ether oxygens (including phenoxy) is 3. The van der Waals surface area contributed by atoms with Crippen LogP contribution in [0.2, 0.25) is 0 Å². The van der Waals surface area contributed by atoms with Gasteiger partial charge in [0.25, 0.3) is 0 Å². The maximum atomic E-state index is 10.9. The van der Waals surface area contributed by atoms with Crippen molar-refractivity contribution >= 4 is 5.97 Å². The largest absolute Gasteiger partial charge is 0.478 e. The highest BCUT2D eigenvalue weighted by Crippen LogP contribution is 2.12. The van der Waals surface area contributed by atoms with Gasteiger partial charge in [0.2, 0.25) is 5.88 Å². The first-order valence-corrected chi connectivity index (χ1v) is 6.05. The Morgan fingerprint density at radius 1 is 1.26 bits per heavy atom. The van der Waals surface area contributed by atoms with Crippen LogP contribution < -0.4 is 4.74 Å². The Morgan fingerprint density at radius 2 is 2.05 bits per heavy atom. The fourth-order valence-corrected chi connectivity index (χ4v) is 1.45. The molecule has 0 aromatic carbocycles. The predicted octanol–water partition coefficient (Wildman–Crippen LogP) is 1.52. The third kappa shape index (κ3) is 6.17. The summed E-state index contributed by atoms with van der Waals surface area (Å²) in [4.78, 5) is 15.0. The third-order valence-electron chi connectivity index (χ3n) is 2.29. The number of hydrogen-bond donors (Lipinski definition) is 1. The fourth-order valence-electron chi connectivity index (χ4n) is 1.45. The van der Waals surface area contributed by atoms with Crippen molar-refractivity contribution in [3.05, 3.63) is 23.4 Å². The lowest BCUT2D eigenvalue weighted by atomic mass is 10.2. The summed E-state index contributed by atoms with van der Waals surface area (Å²) < 4.78 is 15.6. The van der Waals surface area contributed by atoms with E-state index in [0.29, 0.717) is 38.0 Å². The zero-order chi connectivity index (χ0) is 14.1. The van der Waals surface area contributed by atoms with Crippen LogP contribution in [0.4, 0.5) is 0 Å². The first-order valence-electron chi connectivity index (χ1n) is 6.05. The van der Waals surface area contributed by atoms with E-state index in [2.05, 4.69) is 4.98 Å². The van der Waals surface area contributed by atoms with Crippen molar-refractivity contribution in [1.82, 2.24) is 4.98 Å². The van der Waals surface area contributed by atoms with Crippen LogP contribution in [0, 0.1) is 6.92 Å². The summed E-state index contributed by atoms with van der Waals surface area (Å²) in [5, 5.41) is 8.91. The van der Waals surface area contributed by atoms with Crippen LogP contribution in [0.3, 0.4) is 0 Å². The molecule has 0 aliphatic rings. The molecule has 6 nitrogen and oxygen atoms in total. The highest BCUT2D eigenvalue weighted by Gasteiger charge is 2.07. The summed E-state index contributed by atoms with van der Waals surface area (Å²) in [6.07, 6.45) is 0.836. The van der Waals surface area contributed by atoms with E-state index in [4.69, 9.17) is 19.3 Å². The summed E-state index contributed by atoms with van der Waals surface area (Å²) in [6.45, 7) is 3.77. The first-order chi connectivity index (χ1) is 9.13. The number of rotatable bonds is 9. The van der Waals surface area contributed by atoms with Crippen molar-refractivity contribution < 1.29 is 24.1 Å². The Balaban J connectivity index is 2.31. The van der Waals surface area contributed by atoms with Gasteiger partial charge in [-0.05, 0) is 19.4 Å². The lowest BCUT2D eigenvalue weighted by Crippen LogP contribution is -2.10. The van der Waals surface area contributed by atoms with Crippen LogP contribution in [0.1, 0.15) is 22.5 Å². The Morgan fingerprint density at radius 3 is 2.74 bits per heavy atom. The molecule has 0 spiro atoms. The van der Waals surface area contributed by atoms with E-state index in [9.17, 15) is 4.79 Å². The minimum absolute atomic E-state index is 0.170. The lowest BCUT2D eigenvalue weighted by Gasteiger charge is -2.08. The number of carboxylic acids is 1. The van der Waals surface area contributed by atoms with E-state index in [0.717, 1.165) is 6.42 Å². The second kappa shape index (κ2) is 8.44. The highest BCUT2D eigenvalue weighted by atomic mass is 16.5. The predicted molar refractivity (Wildman–Crippen MR) is 68.7 cm³/mol. The van der Waals surface area contributed by atoms with Gasteiger partial charge in [0.15, 0.2) is 0 Å².